The first kappa shape index (κ1) is 14.8. The molecule has 0 saturated heterocycles. The van der Waals surface area contributed by atoms with Gasteiger partial charge in [-0.15, -0.1) is 0 Å². The normalized spacial score (nSPS) is 10.5. The van der Waals surface area contributed by atoms with Gasteiger partial charge in [-0.1, -0.05) is 6.07 Å². The van der Waals surface area contributed by atoms with Crippen molar-refractivity contribution in [3.05, 3.63) is 52.9 Å². The summed E-state index contributed by atoms with van der Waals surface area (Å²) in [5.41, 5.74) is -0.573. The summed E-state index contributed by atoms with van der Waals surface area (Å²) in [4.78, 5) is 12.1. The summed E-state index contributed by atoms with van der Waals surface area (Å²) in [7, 11) is 3.02. The second kappa shape index (κ2) is 5.92. The first-order chi connectivity index (χ1) is 11.1. The summed E-state index contributed by atoms with van der Waals surface area (Å²) in [6.45, 7) is 0. The minimum Gasteiger partial charge on any atom is -0.504 e. The Morgan fingerprint density at radius 1 is 0.957 bits per heavy atom. The largest absolute Gasteiger partial charge is 0.504 e. The van der Waals surface area contributed by atoms with E-state index >= 15 is 0 Å². The molecule has 0 saturated carbocycles. The molecular weight excluding hydrogens is 300 g/mol. The second-order valence-corrected chi connectivity index (χ2v) is 4.71. The summed E-state index contributed by atoms with van der Waals surface area (Å²) in [6.07, 6.45) is 0. The van der Waals surface area contributed by atoms with Crippen LogP contribution in [0.1, 0.15) is 0 Å². The Kier molecular flexibility index (Phi) is 3.80. The van der Waals surface area contributed by atoms with E-state index in [1.165, 1.54) is 20.3 Å². The molecule has 0 spiro atoms. The van der Waals surface area contributed by atoms with Gasteiger partial charge in [-0.25, -0.2) is 4.79 Å². The van der Waals surface area contributed by atoms with Crippen molar-refractivity contribution in [2.75, 3.05) is 14.2 Å². The monoisotopic (exact) mass is 314 g/mol. The van der Waals surface area contributed by atoms with E-state index in [1.807, 2.05) is 0 Å². The molecule has 1 aromatic heterocycles. The van der Waals surface area contributed by atoms with Gasteiger partial charge in [0.2, 0.25) is 0 Å². The fourth-order valence-corrected chi connectivity index (χ4v) is 2.15. The van der Waals surface area contributed by atoms with E-state index in [0.717, 1.165) is 0 Å². The maximum Gasteiger partial charge on any atom is 0.383 e. The van der Waals surface area contributed by atoms with Crippen LogP contribution in [0.15, 0.2) is 51.7 Å². The quantitative estimate of drug-likeness (QED) is 0.744. The average Bonchev–Trinajstić information content (AvgIpc) is 2.58. The Bertz CT molecular complexity index is 913. The molecule has 6 nitrogen and oxygen atoms in total. The Morgan fingerprint density at radius 2 is 1.65 bits per heavy atom. The van der Waals surface area contributed by atoms with Crippen LogP contribution >= 0.6 is 0 Å². The van der Waals surface area contributed by atoms with Crippen molar-refractivity contribution >= 4 is 11.0 Å². The fraction of sp³-hybridized carbons (Fsp3) is 0.118. The standard InChI is InChI=1S/C17H14O6/c1-20-10-4-3-5-12(8-10)22-16-15(18)13-7-6-11(21-2)9-14(13)23-17(16)19/h3-9,18H,1-2H3. The van der Waals surface area contributed by atoms with Crippen molar-refractivity contribution in [3.63, 3.8) is 0 Å². The Morgan fingerprint density at radius 3 is 2.39 bits per heavy atom. The van der Waals surface area contributed by atoms with Crippen LogP contribution in [0.5, 0.6) is 28.7 Å². The van der Waals surface area contributed by atoms with Crippen molar-refractivity contribution in [1.82, 2.24) is 0 Å². The lowest BCUT2D eigenvalue weighted by Gasteiger charge is -2.09. The first-order valence-corrected chi connectivity index (χ1v) is 6.78. The van der Waals surface area contributed by atoms with Gasteiger partial charge in [0.25, 0.3) is 5.75 Å². The molecule has 0 aliphatic heterocycles. The molecule has 0 fully saturated rings. The number of hydrogen-bond donors (Lipinski definition) is 1. The number of benzene rings is 2. The van der Waals surface area contributed by atoms with E-state index in [0.29, 0.717) is 22.6 Å². The van der Waals surface area contributed by atoms with Crippen molar-refractivity contribution < 1.29 is 23.7 Å². The number of ether oxygens (including phenoxy) is 3. The first-order valence-electron chi connectivity index (χ1n) is 6.78. The maximum absolute atomic E-state index is 12.1. The topological polar surface area (TPSA) is 78.1 Å². The van der Waals surface area contributed by atoms with E-state index in [9.17, 15) is 9.90 Å². The van der Waals surface area contributed by atoms with Gasteiger partial charge in [-0.3, -0.25) is 0 Å². The second-order valence-electron chi connectivity index (χ2n) is 4.71. The minimum absolute atomic E-state index is 0.213. The number of aromatic hydroxyl groups is 1. The molecule has 0 aliphatic carbocycles. The van der Waals surface area contributed by atoms with Crippen LogP contribution in [0, 0.1) is 0 Å². The zero-order valence-corrected chi connectivity index (χ0v) is 12.5. The highest BCUT2D eigenvalue weighted by atomic mass is 16.5. The molecule has 0 amide bonds. The lowest BCUT2D eigenvalue weighted by atomic mass is 10.2. The van der Waals surface area contributed by atoms with Gasteiger partial charge in [-0.05, 0) is 24.3 Å². The highest BCUT2D eigenvalue weighted by Gasteiger charge is 2.17. The average molecular weight is 314 g/mol. The third kappa shape index (κ3) is 2.78. The third-order valence-corrected chi connectivity index (χ3v) is 3.31. The van der Waals surface area contributed by atoms with Gasteiger partial charge in [0.1, 0.15) is 22.8 Å². The summed E-state index contributed by atoms with van der Waals surface area (Å²) in [5.74, 6) is 0.857. The summed E-state index contributed by atoms with van der Waals surface area (Å²) in [5, 5.41) is 10.7. The van der Waals surface area contributed by atoms with Crippen molar-refractivity contribution in [2.24, 2.45) is 0 Å². The highest BCUT2D eigenvalue weighted by Crippen LogP contribution is 2.36. The summed E-state index contributed by atoms with van der Waals surface area (Å²) in [6, 6.07) is 11.4. The number of hydrogen-bond acceptors (Lipinski definition) is 6. The number of methoxy groups -OCH3 is 2. The van der Waals surface area contributed by atoms with Crippen LogP contribution in [0.2, 0.25) is 0 Å². The van der Waals surface area contributed by atoms with Crippen LogP contribution in [0.3, 0.4) is 0 Å². The molecule has 1 heterocycles. The van der Waals surface area contributed by atoms with Crippen LogP contribution < -0.4 is 19.8 Å². The molecule has 6 heteroatoms. The Balaban J connectivity index is 2.08. The van der Waals surface area contributed by atoms with E-state index in [2.05, 4.69) is 0 Å². The van der Waals surface area contributed by atoms with Crippen LogP contribution in [0.4, 0.5) is 0 Å². The summed E-state index contributed by atoms with van der Waals surface area (Å²) < 4.78 is 20.8. The molecule has 0 radical (unpaired) electrons. The van der Waals surface area contributed by atoms with Crippen LogP contribution in [-0.2, 0) is 0 Å². The van der Waals surface area contributed by atoms with E-state index in [1.54, 1.807) is 36.4 Å². The van der Waals surface area contributed by atoms with Gasteiger partial charge in [0, 0.05) is 12.1 Å². The molecule has 0 atom stereocenters. The summed E-state index contributed by atoms with van der Waals surface area (Å²) >= 11 is 0. The minimum atomic E-state index is -0.786. The predicted molar refractivity (Wildman–Crippen MR) is 83.8 cm³/mol. The van der Waals surface area contributed by atoms with E-state index in [-0.39, 0.29) is 17.1 Å². The zero-order chi connectivity index (χ0) is 16.4. The molecule has 23 heavy (non-hydrogen) atoms. The molecule has 0 aliphatic rings. The Hall–Kier alpha value is -3.15. The molecule has 3 rings (SSSR count). The molecule has 118 valence electrons. The fourth-order valence-electron chi connectivity index (χ4n) is 2.15. The van der Waals surface area contributed by atoms with Gasteiger partial charge in [-0.2, -0.15) is 0 Å². The number of fused-ring (bicyclic) bond motifs is 1. The highest BCUT2D eigenvalue weighted by molar-refractivity contribution is 5.86. The Labute approximate surface area is 131 Å². The van der Waals surface area contributed by atoms with Gasteiger partial charge in [0.05, 0.1) is 19.6 Å². The van der Waals surface area contributed by atoms with Crippen molar-refractivity contribution in [1.29, 1.82) is 0 Å². The maximum atomic E-state index is 12.1. The van der Waals surface area contributed by atoms with E-state index in [4.69, 9.17) is 18.6 Å². The smallest absolute Gasteiger partial charge is 0.383 e. The van der Waals surface area contributed by atoms with Gasteiger partial charge >= 0.3 is 5.63 Å². The van der Waals surface area contributed by atoms with Crippen LogP contribution in [0.25, 0.3) is 11.0 Å². The molecule has 0 unspecified atom stereocenters. The molecule has 3 aromatic rings. The lowest BCUT2D eigenvalue weighted by molar-refractivity contribution is 0.380. The SMILES string of the molecule is COc1cccc(Oc2c(O)c3ccc(OC)cc3oc2=O)c1. The lowest BCUT2D eigenvalue weighted by Crippen LogP contribution is -2.04. The van der Waals surface area contributed by atoms with Gasteiger partial charge < -0.3 is 23.7 Å². The van der Waals surface area contributed by atoms with Crippen LogP contribution in [-0.4, -0.2) is 19.3 Å². The molecule has 1 N–H and O–H groups in total. The third-order valence-electron chi connectivity index (χ3n) is 3.31. The zero-order valence-electron chi connectivity index (χ0n) is 12.5. The molecule has 0 bridgehead atoms. The predicted octanol–water partition coefficient (Wildman–Crippen LogP) is 3.31. The molecular formula is C17H14O6. The number of rotatable bonds is 4. The van der Waals surface area contributed by atoms with Crippen molar-refractivity contribution in [3.8, 4) is 28.7 Å². The molecule has 2 aromatic carbocycles. The van der Waals surface area contributed by atoms with Crippen molar-refractivity contribution in [2.45, 2.75) is 0 Å². The van der Waals surface area contributed by atoms with Gasteiger partial charge in [0.15, 0.2) is 5.75 Å². The van der Waals surface area contributed by atoms with E-state index < -0.39 is 5.63 Å².